The van der Waals surface area contributed by atoms with Crippen LogP contribution in [0, 0.1) is 5.92 Å². The topological polar surface area (TPSA) is 35.5 Å². The number of aliphatic hydroxyl groups is 1. The summed E-state index contributed by atoms with van der Waals surface area (Å²) in [6.45, 7) is 5.75. The predicted octanol–water partition coefficient (Wildman–Crippen LogP) is -0.0915. The summed E-state index contributed by atoms with van der Waals surface area (Å²) < 4.78 is 0. The number of aliphatic hydroxyl groups excluding tert-OH is 1. The molecule has 1 rings (SSSR count). The third kappa shape index (κ3) is 2.73. The van der Waals surface area contributed by atoms with Gasteiger partial charge in [-0.1, -0.05) is 6.92 Å². The summed E-state index contributed by atoms with van der Waals surface area (Å²) in [5.41, 5.74) is 0. The van der Waals surface area contributed by atoms with Crippen molar-refractivity contribution in [3.05, 3.63) is 0 Å². The summed E-state index contributed by atoms with van der Waals surface area (Å²) in [4.78, 5) is 2.42. The molecule has 2 N–H and O–H groups in total. The molecule has 0 radical (unpaired) electrons. The van der Waals surface area contributed by atoms with Crippen molar-refractivity contribution in [2.75, 3.05) is 33.3 Å². The molecule has 0 spiro atoms. The highest BCUT2D eigenvalue weighted by molar-refractivity contribution is 4.80. The van der Waals surface area contributed by atoms with Gasteiger partial charge in [-0.3, -0.25) is 0 Å². The van der Waals surface area contributed by atoms with Crippen molar-refractivity contribution >= 4 is 0 Å². The van der Waals surface area contributed by atoms with E-state index in [4.69, 9.17) is 5.11 Å². The Morgan fingerprint density at radius 1 is 1.67 bits per heavy atom. The molecule has 0 bridgehead atoms. The second kappa shape index (κ2) is 4.80. The number of hydrogen-bond acceptors (Lipinski definition) is 3. The molecule has 0 aromatic heterocycles. The van der Waals surface area contributed by atoms with Crippen molar-refractivity contribution in [1.82, 2.24) is 10.2 Å². The van der Waals surface area contributed by atoms with Crippen LogP contribution in [0.5, 0.6) is 0 Å². The van der Waals surface area contributed by atoms with Gasteiger partial charge in [0.25, 0.3) is 0 Å². The summed E-state index contributed by atoms with van der Waals surface area (Å²) in [7, 11) is 2.02. The zero-order valence-electron chi connectivity index (χ0n) is 8.08. The number of likely N-dealkylation sites (tertiary alicyclic amines) is 1. The van der Waals surface area contributed by atoms with Crippen LogP contribution < -0.4 is 5.32 Å². The Labute approximate surface area is 74.8 Å². The molecule has 0 aromatic rings. The van der Waals surface area contributed by atoms with E-state index in [0.717, 1.165) is 13.1 Å². The zero-order valence-corrected chi connectivity index (χ0v) is 8.08. The average molecular weight is 172 g/mol. The van der Waals surface area contributed by atoms with E-state index >= 15 is 0 Å². The zero-order chi connectivity index (χ0) is 8.97. The summed E-state index contributed by atoms with van der Waals surface area (Å²) >= 11 is 0. The molecule has 12 heavy (non-hydrogen) atoms. The van der Waals surface area contributed by atoms with Crippen LogP contribution >= 0.6 is 0 Å². The first-order valence-electron chi connectivity index (χ1n) is 4.76. The third-order valence-electron chi connectivity index (χ3n) is 2.56. The quantitative estimate of drug-likeness (QED) is 0.622. The lowest BCUT2D eigenvalue weighted by atomic mass is 10.2. The maximum Gasteiger partial charge on any atom is 0.0468 e. The predicted molar refractivity (Wildman–Crippen MR) is 50.2 cm³/mol. The molecule has 0 aliphatic carbocycles. The van der Waals surface area contributed by atoms with Gasteiger partial charge in [-0.05, 0) is 25.9 Å². The summed E-state index contributed by atoms with van der Waals surface area (Å²) in [6.07, 6.45) is 1.24. The van der Waals surface area contributed by atoms with Crippen molar-refractivity contribution < 1.29 is 5.11 Å². The van der Waals surface area contributed by atoms with E-state index in [-0.39, 0.29) is 0 Å². The van der Waals surface area contributed by atoms with Crippen molar-refractivity contribution in [3.63, 3.8) is 0 Å². The van der Waals surface area contributed by atoms with Gasteiger partial charge in [0.05, 0.1) is 0 Å². The molecule has 1 aliphatic rings. The second-order valence-corrected chi connectivity index (χ2v) is 3.82. The smallest absolute Gasteiger partial charge is 0.0468 e. The average Bonchev–Trinajstić information content (AvgIpc) is 2.52. The van der Waals surface area contributed by atoms with Crippen LogP contribution in [-0.2, 0) is 0 Å². The van der Waals surface area contributed by atoms with E-state index in [2.05, 4.69) is 17.1 Å². The highest BCUT2D eigenvalue weighted by Crippen LogP contribution is 2.10. The summed E-state index contributed by atoms with van der Waals surface area (Å²) in [6, 6.07) is 0.663. The first-order chi connectivity index (χ1) is 5.76. The van der Waals surface area contributed by atoms with E-state index in [0.29, 0.717) is 18.6 Å². The third-order valence-corrected chi connectivity index (χ3v) is 2.56. The molecule has 2 unspecified atom stereocenters. The molecule has 3 nitrogen and oxygen atoms in total. The van der Waals surface area contributed by atoms with Crippen molar-refractivity contribution in [3.8, 4) is 0 Å². The van der Waals surface area contributed by atoms with Gasteiger partial charge in [-0.15, -0.1) is 0 Å². The molecular formula is C9H20N2O. The molecule has 3 heteroatoms. The minimum atomic E-state index is 0.306. The number of hydrogen-bond donors (Lipinski definition) is 2. The summed E-state index contributed by atoms with van der Waals surface area (Å²) in [5.74, 6) is 0.417. The number of likely N-dealkylation sites (N-methyl/N-ethyl adjacent to an activating group) is 1. The molecular weight excluding hydrogens is 152 g/mol. The standard InChI is InChI=1S/C9H20N2O/c1-8(7-12)5-11-4-3-9(6-11)10-2/h8-10,12H,3-7H2,1-2H3. The highest BCUT2D eigenvalue weighted by Gasteiger charge is 2.21. The van der Waals surface area contributed by atoms with Crippen LogP contribution in [0.4, 0.5) is 0 Å². The van der Waals surface area contributed by atoms with Gasteiger partial charge in [0.15, 0.2) is 0 Å². The first-order valence-corrected chi connectivity index (χ1v) is 4.76. The number of nitrogens with zero attached hydrogens (tertiary/aromatic N) is 1. The van der Waals surface area contributed by atoms with Gasteiger partial charge in [-0.2, -0.15) is 0 Å². The van der Waals surface area contributed by atoms with E-state index in [1.54, 1.807) is 0 Å². The lowest BCUT2D eigenvalue weighted by Gasteiger charge is -2.19. The second-order valence-electron chi connectivity index (χ2n) is 3.82. The van der Waals surface area contributed by atoms with Gasteiger partial charge < -0.3 is 15.3 Å². The van der Waals surface area contributed by atoms with Gasteiger partial charge in [0, 0.05) is 25.7 Å². The maximum absolute atomic E-state index is 8.88. The molecule has 2 atom stereocenters. The van der Waals surface area contributed by atoms with Gasteiger partial charge >= 0.3 is 0 Å². The fourth-order valence-corrected chi connectivity index (χ4v) is 1.73. The normalized spacial score (nSPS) is 27.8. The van der Waals surface area contributed by atoms with Crippen LogP contribution in [0.1, 0.15) is 13.3 Å². The van der Waals surface area contributed by atoms with Crippen LogP contribution in [0.25, 0.3) is 0 Å². The molecule has 0 aromatic carbocycles. The van der Waals surface area contributed by atoms with E-state index in [1.807, 2.05) is 7.05 Å². The minimum absolute atomic E-state index is 0.306. The molecule has 0 amide bonds. The molecule has 1 heterocycles. The van der Waals surface area contributed by atoms with Crippen molar-refractivity contribution in [1.29, 1.82) is 0 Å². The Morgan fingerprint density at radius 2 is 2.42 bits per heavy atom. The van der Waals surface area contributed by atoms with Gasteiger partial charge in [0.2, 0.25) is 0 Å². The lowest BCUT2D eigenvalue weighted by Crippen LogP contribution is -2.32. The fraction of sp³-hybridized carbons (Fsp3) is 1.00. The maximum atomic E-state index is 8.88. The van der Waals surface area contributed by atoms with Gasteiger partial charge in [-0.25, -0.2) is 0 Å². The highest BCUT2D eigenvalue weighted by atomic mass is 16.3. The number of nitrogens with one attached hydrogen (secondary N) is 1. The largest absolute Gasteiger partial charge is 0.396 e. The lowest BCUT2D eigenvalue weighted by molar-refractivity contribution is 0.189. The molecule has 1 saturated heterocycles. The SMILES string of the molecule is CNC1CCN(CC(C)CO)C1. The Kier molecular flexibility index (Phi) is 3.98. The van der Waals surface area contributed by atoms with Crippen LogP contribution in [0.3, 0.4) is 0 Å². The summed E-state index contributed by atoms with van der Waals surface area (Å²) in [5, 5.41) is 12.2. The Balaban J connectivity index is 2.18. The van der Waals surface area contributed by atoms with E-state index < -0.39 is 0 Å². The molecule has 1 fully saturated rings. The Morgan fingerprint density at radius 3 is 2.92 bits per heavy atom. The van der Waals surface area contributed by atoms with Crippen LogP contribution in [0.2, 0.25) is 0 Å². The fourth-order valence-electron chi connectivity index (χ4n) is 1.73. The van der Waals surface area contributed by atoms with E-state index in [9.17, 15) is 0 Å². The Hall–Kier alpha value is -0.120. The molecule has 0 saturated carbocycles. The van der Waals surface area contributed by atoms with Crippen LogP contribution in [0.15, 0.2) is 0 Å². The van der Waals surface area contributed by atoms with Crippen molar-refractivity contribution in [2.45, 2.75) is 19.4 Å². The minimum Gasteiger partial charge on any atom is -0.396 e. The molecule has 72 valence electrons. The van der Waals surface area contributed by atoms with E-state index in [1.165, 1.54) is 13.0 Å². The first kappa shape index (κ1) is 9.96. The van der Waals surface area contributed by atoms with Crippen LogP contribution in [-0.4, -0.2) is 49.3 Å². The van der Waals surface area contributed by atoms with Gasteiger partial charge in [0.1, 0.15) is 0 Å². The molecule has 1 aliphatic heterocycles. The monoisotopic (exact) mass is 172 g/mol. The number of rotatable bonds is 4. The van der Waals surface area contributed by atoms with Crippen molar-refractivity contribution in [2.24, 2.45) is 5.92 Å². The Bertz CT molecular complexity index is 130.